The van der Waals surface area contributed by atoms with Gasteiger partial charge in [-0.25, -0.2) is 4.57 Å². The number of amides is 1. The number of hydrogen-bond donors (Lipinski definition) is 3. The molecule has 3 N–H and O–H groups in total. The van der Waals surface area contributed by atoms with Crippen LogP contribution in [0.2, 0.25) is 4.34 Å². The molecule has 0 aliphatic carbocycles. The Morgan fingerprint density at radius 2 is 2.03 bits per heavy atom. The summed E-state index contributed by atoms with van der Waals surface area (Å²) in [6, 6.07) is 5.58. The van der Waals surface area contributed by atoms with Crippen LogP contribution < -0.4 is 10.1 Å². The lowest BCUT2D eigenvalue weighted by Crippen LogP contribution is -2.55. The number of thiophene rings is 1. The Morgan fingerprint density at radius 1 is 1.32 bits per heavy atom. The third kappa shape index (κ3) is 5.53. The molecule has 1 aromatic heterocycles. The van der Waals surface area contributed by atoms with Gasteiger partial charge in [-0.15, -0.1) is 11.3 Å². The van der Waals surface area contributed by atoms with E-state index in [1.54, 1.807) is 43.5 Å². The minimum absolute atomic E-state index is 0.180. The van der Waals surface area contributed by atoms with Crippen molar-refractivity contribution in [2.45, 2.75) is 38.5 Å². The fraction of sp³-hybridized carbons (Fsp3) is 0.368. The number of carbonyl (C=O) groups is 2. The van der Waals surface area contributed by atoms with E-state index < -0.39 is 38.3 Å². The molecule has 168 valence electrons. The SMILES string of the molecule is CC(=O)c1ccc2c(c1)[C@H](NC(=O)c1ccsc1Cl)[C@H](OCOP(=O)(O)O)C(C)(C)O2. The number of phosphoric ester groups is 1. The van der Waals surface area contributed by atoms with Crippen LogP contribution in [0.15, 0.2) is 29.6 Å². The van der Waals surface area contributed by atoms with E-state index in [9.17, 15) is 14.2 Å². The average molecular weight is 490 g/mol. The van der Waals surface area contributed by atoms with Gasteiger partial charge in [0, 0.05) is 11.1 Å². The predicted octanol–water partition coefficient (Wildman–Crippen LogP) is 3.70. The van der Waals surface area contributed by atoms with Crippen molar-refractivity contribution in [3.05, 3.63) is 50.7 Å². The summed E-state index contributed by atoms with van der Waals surface area (Å²) >= 11 is 7.30. The number of ketones is 1. The highest BCUT2D eigenvalue weighted by Gasteiger charge is 2.46. The molecule has 3 rings (SSSR count). The molecular formula is C19H21ClNO8PS. The molecule has 1 amide bonds. The fourth-order valence-electron chi connectivity index (χ4n) is 3.31. The van der Waals surface area contributed by atoms with Gasteiger partial charge in [-0.2, -0.15) is 0 Å². The predicted molar refractivity (Wildman–Crippen MR) is 114 cm³/mol. The van der Waals surface area contributed by atoms with Crippen molar-refractivity contribution in [3.63, 3.8) is 0 Å². The molecule has 12 heteroatoms. The maximum absolute atomic E-state index is 12.9. The van der Waals surface area contributed by atoms with E-state index in [1.165, 1.54) is 18.3 Å². The molecule has 0 radical (unpaired) electrons. The Balaban J connectivity index is 2.00. The van der Waals surface area contributed by atoms with Gasteiger partial charge in [0.25, 0.3) is 5.91 Å². The summed E-state index contributed by atoms with van der Waals surface area (Å²) in [6.45, 7) is 4.08. The van der Waals surface area contributed by atoms with Gasteiger partial charge in [0.15, 0.2) is 12.6 Å². The first-order valence-electron chi connectivity index (χ1n) is 9.08. The van der Waals surface area contributed by atoms with E-state index >= 15 is 0 Å². The summed E-state index contributed by atoms with van der Waals surface area (Å²) in [5.41, 5.74) is 0.123. The molecule has 0 saturated heterocycles. The first-order chi connectivity index (χ1) is 14.4. The quantitative estimate of drug-likeness (QED) is 0.305. The smallest absolute Gasteiger partial charge is 0.471 e. The molecule has 31 heavy (non-hydrogen) atoms. The highest BCUT2D eigenvalue weighted by Crippen LogP contribution is 2.43. The monoisotopic (exact) mass is 489 g/mol. The summed E-state index contributed by atoms with van der Waals surface area (Å²) in [4.78, 5) is 42.7. The fourth-order valence-corrected chi connectivity index (χ4v) is 4.42. The summed E-state index contributed by atoms with van der Waals surface area (Å²) in [5.74, 6) is -0.217. The first-order valence-corrected chi connectivity index (χ1v) is 11.9. The van der Waals surface area contributed by atoms with Crippen LogP contribution in [0.25, 0.3) is 0 Å². The van der Waals surface area contributed by atoms with Gasteiger partial charge in [-0.1, -0.05) is 11.6 Å². The van der Waals surface area contributed by atoms with Crippen LogP contribution >= 0.6 is 30.8 Å². The molecular weight excluding hydrogens is 469 g/mol. The summed E-state index contributed by atoms with van der Waals surface area (Å²) in [7, 11) is -4.77. The lowest BCUT2D eigenvalue weighted by molar-refractivity contribution is -0.141. The van der Waals surface area contributed by atoms with Crippen LogP contribution in [0.1, 0.15) is 53.1 Å². The molecule has 1 aliphatic heterocycles. The van der Waals surface area contributed by atoms with Crippen LogP contribution in [0.4, 0.5) is 0 Å². The maximum Gasteiger partial charge on any atom is 0.471 e. The second kappa shape index (κ2) is 8.99. The lowest BCUT2D eigenvalue weighted by atomic mass is 9.85. The van der Waals surface area contributed by atoms with E-state index in [-0.39, 0.29) is 11.3 Å². The van der Waals surface area contributed by atoms with Gasteiger partial charge >= 0.3 is 7.82 Å². The van der Waals surface area contributed by atoms with E-state index in [0.29, 0.717) is 21.2 Å². The average Bonchev–Trinajstić information content (AvgIpc) is 3.08. The minimum atomic E-state index is -4.77. The van der Waals surface area contributed by atoms with Gasteiger partial charge in [0.2, 0.25) is 0 Å². The zero-order valence-electron chi connectivity index (χ0n) is 16.8. The molecule has 1 aromatic carbocycles. The summed E-state index contributed by atoms with van der Waals surface area (Å²) in [6.07, 6.45) is -0.921. The van der Waals surface area contributed by atoms with Crippen LogP contribution in [0, 0.1) is 0 Å². The van der Waals surface area contributed by atoms with Crippen LogP contribution in [-0.4, -0.2) is 40.0 Å². The van der Waals surface area contributed by atoms with Crippen molar-refractivity contribution in [2.75, 3.05) is 6.79 Å². The number of hydrogen-bond acceptors (Lipinski definition) is 7. The molecule has 0 saturated carbocycles. The number of fused-ring (bicyclic) bond motifs is 1. The van der Waals surface area contributed by atoms with Gasteiger partial charge < -0.3 is 24.6 Å². The standard InChI is InChI=1S/C19H21ClNO8PS/c1-10(22)11-4-5-14-13(8-11)15(21-18(23)12-6-7-31-17(12)20)16(19(2,3)29-14)27-9-28-30(24,25)26/h4-8,15-16H,9H2,1-3H3,(H,21,23)(H2,24,25,26)/t15-,16-/m0/s1. The normalized spacial score (nSPS) is 19.9. The molecule has 1 aliphatic rings. The molecule has 0 bridgehead atoms. The Morgan fingerprint density at radius 3 is 2.61 bits per heavy atom. The number of benzene rings is 1. The number of halogens is 1. The van der Waals surface area contributed by atoms with Crippen molar-refractivity contribution >= 4 is 42.5 Å². The number of nitrogens with one attached hydrogen (secondary N) is 1. The summed E-state index contributed by atoms with van der Waals surface area (Å²) in [5, 5.41) is 4.53. The zero-order chi connectivity index (χ0) is 23.0. The van der Waals surface area contributed by atoms with Crippen LogP contribution in [-0.2, 0) is 13.8 Å². The van der Waals surface area contributed by atoms with Gasteiger partial charge in [-0.05, 0) is 50.4 Å². The van der Waals surface area contributed by atoms with Gasteiger partial charge in [-0.3, -0.25) is 14.1 Å². The molecule has 2 aromatic rings. The minimum Gasteiger partial charge on any atom is -0.485 e. The second-order valence-corrected chi connectivity index (χ2v) is 10.2. The van der Waals surface area contributed by atoms with Crippen molar-refractivity contribution in [3.8, 4) is 5.75 Å². The third-order valence-corrected chi connectivity index (χ3v) is 6.34. The number of Topliss-reactive ketones (excluding diaryl/α,β-unsaturated/α-hetero) is 1. The number of carbonyl (C=O) groups excluding carboxylic acids is 2. The van der Waals surface area contributed by atoms with Crippen molar-refractivity contribution in [1.29, 1.82) is 0 Å². The van der Waals surface area contributed by atoms with E-state index in [2.05, 4.69) is 9.84 Å². The number of phosphoric acid groups is 1. The van der Waals surface area contributed by atoms with Crippen LogP contribution in [0.5, 0.6) is 5.75 Å². The van der Waals surface area contributed by atoms with Crippen LogP contribution in [0.3, 0.4) is 0 Å². The molecule has 2 atom stereocenters. The topological polar surface area (TPSA) is 131 Å². The largest absolute Gasteiger partial charge is 0.485 e. The second-order valence-electron chi connectivity index (χ2n) is 7.40. The van der Waals surface area contributed by atoms with Gasteiger partial charge in [0.05, 0.1) is 11.6 Å². The van der Waals surface area contributed by atoms with Gasteiger partial charge in [0.1, 0.15) is 21.8 Å². The number of ether oxygens (including phenoxy) is 2. The van der Waals surface area contributed by atoms with Crippen molar-refractivity contribution < 1.29 is 37.9 Å². The molecule has 0 fully saturated rings. The lowest BCUT2D eigenvalue weighted by Gasteiger charge is -2.44. The highest BCUT2D eigenvalue weighted by molar-refractivity contribution is 7.46. The molecule has 9 nitrogen and oxygen atoms in total. The maximum atomic E-state index is 12.9. The Kier molecular flexibility index (Phi) is 6.93. The van der Waals surface area contributed by atoms with E-state index in [0.717, 1.165) is 0 Å². The zero-order valence-corrected chi connectivity index (χ0v) is 19.3. The Hall–Kier alpha value is -1.78. The molecule has 0 unspecified atom stereocenters. The third-order valence-electron chi connectivity index (χ3n) is 4.73. The highest BCUT2D eigenvalue weighted by atomic mass is 35.5. The van der Waals surface area contributed by atoms with E-state index in [4.69, 9.17) is 30.9 Å². The summed E-state index contributed by atoms with van der Waals surface area (Å²) < 4.78 is 27.4. The first kappa shape index (κ1) is 23.9. The van der Waals surface area contributed by atoms with Crippen molar-refractivity contribution in [2.24, 2.45) is 0 Å². The molecule has 0 spiro atoms. The number of rotatable bonds is 7. The van der Waals surface area contributed by atoms with E-state index in [1.807, 2.05) is 0 Å². The Bertz CT molecular complexity index is 1050. The van der Waals surface area contributed by atoms with Crippen molar-refractivity contribution in [1.82, 2.24) is 5.32 Å². The Labute approximate surface area is 187 Å². The molecule has 2 heterocycles.